The molecule has 1 aromatic heterocycles. The zero-order valence-electron chi connectivity index (χ0n) is 10.5. The largest absolute Gasteiger partial charge is 0.323 e. The van der Waals surface area contributed by atoms with Crippen LogP contribution in [-0.4, -0.2) is 10.7 Å². The second-order valence-electron chi connectivity index (χ2n) is 6.02. The second kappa shape index (κ2) is 4.25. The van der Waals surface area contributed by atoms with Gasteiger partial charge in [-0.25, -0.2) is 4.98 Å². The predicted octanol–water partition coefficient (Wildman–Crippen LogP) is 3.68. The molecule has 17 heavy (non-hydrogen) atoms. The van der Waals surface area contributed by atoms with Crippen LogP contribution in [0.1, 0.15) is 60.0 Å². The molecule has 0 saturated carbocycles. The predicted molar refractivity (Wildman–Crippen MR) is 75.6 cm³/mol. The Morgan fingerprint density at radius 1 is 1.41 bits per heavy atom. The Balaban J connectivity index is 1.91. The zero-order chi connectivity index (χ0) is 12.0. The smallest absolute Gasteiger partial charge is 0.106 e. The van der Waals surface area contributed by atoms with E-state index in [4.69, 9.17) is 10.7 Å². The molecule has 3 rings (SSSR count). The molecule has 2 atom stereocenters. The van der Waals surface area contributed by atoms with Crippen molar-refractivity contribution in [1.82, 2.24) is 4.98 Å². The van der Waals surface area contributed by atoms with E-state index in [1.807, 2.05) is 11.3 Å². The van der Waals surface area contributed by atoms with E-state index >= 15 is 0 Å². The first-order valence-corrected chi connectivity index (χ1v) is 8.28. The monoisotopic (exact) mass is 268 g/mol. The number of hydrogen-bond donors (Lipinski definition) is 1. The first kappa shape index (κ1) is 12.0. The highest BCUT2D eigenvalue weighted by atomic mass is 32.2. The van der Waals surface area contributed by atoms with Gasteiger partial charge in [0.2, 0.25) is 0 Å². The fourth-order valence-electron chi connectivity index (χ4n) is 2.92. The molecule has 1 saturated heterocycles. The lowest BCUT2D eigenvalue weighted by Crippen LogP contribution is -2.28. The number of aromatic nitrogens is 1. The van der Waals surface area contributed by atoms with E-state index in [9.17, 15) is 0 Å². The molecule has 94 valence electrons. The first-order valence-electron chi connectivity index (χ1n) is 6.42. The van der Waals surface area contributed by atoms with E-state index in [1.165, 1.54) is 34.2 Å². The summed E-state index contributed by atoms with van der Waals surface area (Å²) < 4.78 is 0. The normalized spacial score (nSPS) is 31.5. The van der Waals surface area contributed by atoms with Crippen molar-refractivity contribution in [2.75, 3.05) is 5.75 Å². The molecule has 2 nitrogen and oxygen atoms in total. The van der Waals surface area contributed by atoms with E-state index in [0.717, 1.165) is 12.8 Å². The number of nitrogens with zero attached hydrogens (tertiary/aromatic N) is 1. The third kappa shape index (κ3) is 2.27. The van der Waals surface area contributed by atoms with Gasteiger partial charge in [0.25, 0.3) is 0 Å². The van der Waals surface area contributed by atoms with Gasteiger partial charge in [-0.1, -0.05) is 13.8 Å². The van der Waals surface area contributed by atoms with Gasteiger partial charge in [0.05, 0.1) is 10.9 Å². The molecule has 0 amide bonds. The summed E-state index contributed by atoms with van der Waals surface area (Å²) >= 11 is 3.95. The van der Waals surface area contributed by atoms with Gasteiger partial charge in [-0.05, 0) is 36.9 Å². The van der Waals surface area contributed by atoms with Crippen LogP contribution in [0, 0.1) is 5.41 Å². The summed E-state index contributed by atoms with van der Waals surface area (Å²) in [6.45, 7) is 4.61. The van der Waals surface area contributed by atoms with Crippen LogP contribution < -0.4 is 5.73 Å². The van der Waals surface area contributed by atoms with Crippen molar-refractivity contribution in [3.63, 3.8) is 0 Å². The minimum atomic E-state index is 0.214. The van der Waals surface area contributed by atoms with Crippen LogP contribution in [-0.2, 0) is 6.42 Å². The number of nitrogens with two attached hydrogens (primary N) is 1. The van der Waals surface area contributed by atoms with Gasteiger partial charge in [0.1, 0.15) is 5.01 Å². The fourth-order valence-corrected chi connectivity index (χ4v) is 5.52. The Labute approximate surface area is 111 Å². The summed E-state index contributed by atoms with van der Waals surface area (Å²) in [6, 6.07) is 0.214. The van der Waals surface area contributed by atoms with Gasteiger partial charge >= 0.3 is 0 Å². The Bertz CT molecular complexity index is 419. The number of rotatable bonds is 1. The van der Waals surface area contributed by atoms with Crippen LogP contribution in [0.2, 0.25) is 0 Å². The van der Waals surface area contributed by atoms with E-state index in [0.29, 0.717) is 10.7 Å². The Kier molecular flexibility index (Phi) is 3.00. The van der Waals surface area contributed by atoms with Gasteiger partial charge in [0.15, 0.2) is 0 Å². The Morgan fingerprint density at radius 2 is 2.24 bits per heavy atom. The first-order chi connectivity index (χ1) is 8.05. The van der Waals surface area contributed by atoms with Crippen LogP contribution in [0.25, 0.3) is 0 Å². The number of fused-ring (bicyclic) bond motifs is 1. The van der Waals surface area contributed by atoms with E-state index in [1.54, 1.807) is 0 Å². The molecular weight excluding hydrogens is 248 g/mol. The molecule has 1 aromatic rings. The zero-order valence-corrected chi connectivity index (χ0v) is 12.2. The molecule has 1 aliphatic carbocycles. The van der Waals surface area contributed by atoms with Gasteiger partial charge in [-0.3, -0.25) is 0 Å². The van der Waals surface area contributed by atoms with Crippen molar-refractivity contribution in [1.29, 1.82) is 0 Å². The summed E-state index contributed by atoms with van der Waals surface area (Å²) in [6.07, 6.45) is 4.84. The molecule has 2 aliphatic rings. The minimum Gasteiger partial charge on any atom is -0.323 e. The Hall–Kier alpha value is -0.0600. The van der Waals surface area contributed by atoms with Crippen LogP contribution in [0.5, 0.6) is 0 Å². The molecule has 2 unspecified atom stereocenters. The molecule has 0 aromatic carbocycles. The van der Waals surface area contributed by atoms with Crippen LogP contribution >= 0.6 is 23.1 Å². The molecule has 0 spiro atoms. The average Bonchev–Trinajstić information content (AvgIpc) is 2.81. The fraction of sp³-hybridized carbons (Fsp3) is 0.769. The molecule has 0 radical (unpaired) electrons. The molecule has 2 heterocycles. The lowest BCUT2D eigenvalue weighted by molar-refractivity contribution is 0.282. The average molecular weight is 268 g/mol. The minimum absolute atomic E-state index is 0.214. The Morgan fingerprint density at radius 3 is 2.94 bits per heavy atom. The maximum atomic E-state index is 6.30. The highest BCUT2D eigenvalue weighted by Gasteiger charge is 2.34. The molecule has 1 fully saturated rings. The molecular formula is C13H20N2S2. The highest BCUT2D eigenvalue weighted by molar-refractivity contribution is 7.99. The third-order valence-electron chi connectivity index (χ3n) is 3.70. The maximum Gasteiger partial charge on any atom is 0.106 e. The topological polar surface area (TPSA) is 38.9 Å². The van der Waals surface area contributed by atoms with Crippen molar-refractivity contribution < 1.29 is 0 Å². The van der Waals surface area contributed by atoms with E-state index < -0.39 is 0 Å². The van der Waals surface area contributed by atoms with Crippen molar-refractivity contribution in [2.45, 2.75) is 50.8 Å². The lowest BCUT2D eigenvalue weighted by Gasteiger charge is -2.32. The quantitative estimate of drug-likeness (QED) is 0.844. The number of hydrogen-bond acceptors (Lipinski definition) is 4. The van der Waals surface area contributed by atoms with Crippen molar-refractivity contribution in [3.8, 4) is 0 Å². The van der Waals surface area contributed by atoms with Crippen molar-refractivity contribution in [2.24, 2.45) is 11.1 Å². The molecule has 1 aliphatic heterocycles. The molecule has 4 heteroatoms. The number of thioether (sulfide) groups is 1. The van der Waals surface area contributed by atoms with Crippen LogP contribution in [0.4, 0.5) is 0 Å². The van der Waals surface area contributed by atoms with E-state index in [2.05, 4.69) is 25.6 Å². The summed E-state index contributed by atoms with van der Waals surface area (Å²) in [5, 5.41) is 1.99. The molecule has 0 bridgehead atoms. The summed E-state index contributed by atoms with van der Waals surface area (Å²) in [5.74, 6) is 1.30. The molecule has 2 N–H and O–H groups in total. The van der Waals surface area contributed by atoms with Gasteiger partial charge < -0.3 is 5.73 Å². The summed E-state index contributed by atoms with van der Waals surface area (Å²) in [7, 11) is 0. The van der Waals surface area contributed by atoms with Crippen LogP contribution in [0.15, 0.2) is 0 Å². The van der Waals surface area contributed by atoms with E-state index in [-0.39, 0.29) is 6.04 Å². The summed E-state index contributed by atoms with van der Waals surface area (Å²) in [5.41, 5.74) is 7.91. The lowest BCUT2D eigenvalue weighted by atomic mass is 9.77. The van der Waals surface area contributed by atoms with Crippen molar-refractivity contribution in [3.05, 3.63) is 15.6 Å². The SMILES string of the molecule is CC1(C)Cc2nc(C3CCCS3)sc2C(N)C1. The van der Waals surface area contributed by atoms with Gasteiger partial charge in [-0.2, -0.15) is 11.8 Å². The standard InChI is InChI=1S/C13H20N2S2/c1-13(2)6-8(14)11-9(7-13)15-12(17-11)10-4-3-5-16-10/h8,10H,3-7,14H2,1-2H3. The van der Waals surface area contributed by atoms with Crippen LogP contribution in [0.3, 0.4) is 0 Å². The third-order valence-corrected chi connectivity index (χ3v) is 6.58. The summed E-state index contributed by atoms with van der Waals surface area (Å²) in [4.78, 5) is 6.26. The van der Waals surface area contributed by atoms with Gasteiger partial charge in [0, 0.05) is 10.9 Å². The number of thiazole rings is 1. The van der Waals surface area contributed by atoms with Gasteiger partial charge in [-0.15, -0.1) is 11.3 Å². The highest BCUT2D eigenvalue weighted by Crippen LogP contribution is 2.47. The maximum absolute atomic E-state index is 6.30. The van der Waals surface area contributed by atoms with Crippen molar-refractivity contribution >= 4 is 23.1 Å². The second-order valence-corrected chi connectivity index (χ2v) is 8.39.